The standard InChI is InChI=1S/C45H67N4OP/c1-4-7-30-51(31-8-5-2,32-9-6-3)35-36-25-28-42(29-26-36)46-44(50)43(34-37-24-27-38-18-16-17-19-39(38)33-37)49-45(47-40-20-12-10-13-21-40)48-41-22-14-11-15-23-41/h16-19,24-29,33,40-41,43H,4-15,20-23,30-32,34-35H2,1-3H3,(H2-,46,47,48,49,50)/p+1/t43-/m0/s1. The van der Waals surface area contributed by atoms with Crippen LogP contribution in [0, 0.1) is 0 Å². The second-order valence-electron chi connectivity index (χ2n) is 15.7. The van der Waals surface area contributed by atoms with Crippen molar-refractivity contribution in [2.75, 3.05) is 23.8 Å². The first-order valence-electron chi connectivity index (χ1n) is 20.8. The molecule has 2 aliphatic carbocycles. The molecule has 0 radical (unpaired) electrons. The number of hydrogen-bond donors (Lipinski definition) is 3. The molecule has 0 unspecified atom stereocenters. The number of rotatable bonds is 18. The smallest absolute Gasteiger partial charge is 0.247 e. The number of unbranched alkanes of at least 4 members (excludes halogenated alkanes) is 3. The van der Waals surface area contributed by atoms with E-state index in [2.05, 4.69) is 103 Å². The lowest BCUT2D eigenvalue weighted by Crippen LogP contribution is -2.53. The number of hydrogen-bond acceptors (Lipinski definition) is 2. The van der Waals surface area contributed by atoms with Gasteiger partial charge in [-0.15, -0.1) is 0 Å². The van der Waals surface area contributed by atoms with Crippen molar-refractivity contribution in [1.29, 1.82) is 0 Å². The van der Waals surface area contributed by atoms with Gasteiger partial charge >= 0.3 is 0 Å². The van der Waals surface area contributed by atoms with Crippen LogP contribution in [0.1, 0.15) is 135 Å². The monoisotopic (exact) mass is 712 g/mol. The van der Waals surface area contributed by atoms with Crippen molar-refractivity contribution in [1.82, 2.24) is 10.6 Å². The Morgan fingerprint density at radius 2 is 1.31 bits per heavy atom. The lowest BCUT2D eigenvalue weighted by Gasteiger charge is -2.29. The second kappa shape index (κ2) is 21.0. The van der Waals surface area contributed by atoms with Gasteiger partial charge < -0.3 is 16.0 Å². The minimum atomic E-state index is -1.05. The van der Waals surface area contributed by atoms with Gasteiger partial charge in [-0.1, -0.05) is 133 Å². The number of benzene rings is 3. The van der Waals surface area contributed by atoms with E-state index in [1.54, 1.807) is 0 Å². The lowest BCUT2D eigenvalue weighted by molar-refractivity contribution is -0.117. The number of fused-ring (bicyclic) bond motifs is 1. The third-order valence-electron chi connectivity index (χ3n) is 11.4. The molecule has 0 aromatic heterocycles. The fourth-order valence-corrected chi connectivity index (χ4v) is 13.4. The van der Waals surface area contributed by atoms with E-state index in [4.69, 9.17) is 4.99 Å². The van der Waals surface area contributed by atoms with Gasteiger partial charge in [-0.2, -0.15) is 0 Å². The van der Waals surface area contributed by atoms with Crippen molar-refractivity contribution >= 4 is 35.6 Å². The molecule has 5 rings (SSSR count). The Labute approximate surface area is 311 Å². The van der Waals surface area contributed by atoms with Gasteiger partial charge in [0.05, 0.1) is 30.7 Å². The van der Waals surface area contributed by atoms with Crippen LogP contribution in [-0.2, 0) is 17.4 Å². The predicted molar refractivity (Wildman–Crippen MR) is 224 cm³/mol. The van der Waals surface area contributed by atoms with Crippen LogP contribution in [0.15, 0.2) is 71.7 Å². The molecule has 2 fully saturated rings. The van der Waals surface area contributed by atoms with Crippen molar-refractivity contribution in [3.8, 4) is 0 Å². The summed E-state index contributed by atoms with van der Waals surface area (Å²) in [4.78, 5) is 19.6. The number of carbonyl (C=O) groups is 1. The molecule has 3 aromatic rings. The van der Waals surface area contributed by atoms with Crippen LogP contribution < -0.4 is 16.0 Å². The molecule has 51 heavy (non-hydrogen) atoms. The Bertz CT molecular complexity index is 1470. The maximum atomic E-state index is 14.3. The Morgan fingerprint density at radius 1 is 0.725 bits per heavy atom. The minimum absolute atomic E-state index is 0.00613. The average Bonchev–Trinajstić information content (AvgIpc) is 3.16. The fourth-order valence-electron chi connectivity index (χ4n) is 8.29. The Morgan fingerprint density at radius 3 is 1.94 bits per heavy atom. The molecule has 0 heterocycles. The molecule has 0 bridgehead atoms. The van der Waals surface area contributed by atoms with Crippen molar-refractivity contribution in [2.45, 2.75) is 154 Å². The molecule has 2 aliphatic rings. The molecule has 1 atom stereocenters. The molecule has 5 nitrogen and oxygen atoms in total. The fraction of sp³-hybridized carbons (Fsp3) is 0.600. The quantitative estimate of drug-likeness (QED) is 0.0699. The number of carbonyl (C=O) groups excluding carboxylic acids is 1. The summed E-state index contributed by atoms with van der Waals surface area (Å²) in [6, 6.07) is 24.2. The van der Waals surface area contributed by atoms with E-state index >= 15 is 0 Å². The normalized spacial score (nSPS) is 17.0. The van der Waals surface area contributed by atoms with E-state index in [1.807, 2.05) is 0 Å². The first kappa shape index (κ1) is 39.3. The van der Waals surface area contributed by atoms with Crippen molar-refractivity contribution in [2.24, 2.45) is 4.99 Å². The zero-order valence-corrected chi connectivity index (χ0v) is 33.1. The van der Waals surface area contributed by atoms with Gasteiger partial charge in [0.15, 0.2) is 5.96 Å². The molecule has 6 heteroatoms. The molecular weight excluding hydrogens is 643 g/mol. The summed E-state index contributed by atoms with van der Waals surface area (Å²) < 4.78 is 0. The molecule has 3 aromatic carbocycles. The van der Waals surface area contributed by atoms with Gasteiger partial charge in [-0.25, -0.2) is 4.99 Å². The second-order valence-corrected chi connectivity index (χ2v) is 20.1. The highest BCUT2D eigenvalue weighted by Crippen LogP contribution is 2.63. The van der Waals surface area contributed by atoms with Gasteiger partial charge in [0.2, 0.25) is 5.91 Å². The Kier molecular flexibility index (Phi) is 16.1. The predicted octanol–water partition coefficient (Wildman–Crippen LogP) is 11.5. The zero-order chi connectivity index (χ0) is 35.7. The van der Waals surface area contributed by atoms with Crippen LogP contribution in [0.3, 0.4) is 0 Å². The van der Waals surface area contributed by atoms with E-state index < -0.39 is 13.3 Å². The van der Waals surface area contributed by atoms with Crippen molar-refractivity contribution < 1.29 is 4.79 Å². The van der Waals surface area contributed by atoms with E-state index in [0.717, 1.165) is 42.9 Å². The maximum Gasteiger partial charge on any atom is 0.247 e. The molecule has 0 spiro atoms. The summed E-state index contributed by atoms with van der Waals surface area (Å²) in [5, 5.41) is 13.3. The molecule has 278 valence electrons. The summed E-state index contributed by atoms with van der Waals surface area (Å²) in [7, 11) is -1.05. The summed E-state index contributed by atoms with van der Waals surface area (Å²) in [5.41, 5.74) is 3.46. The van der Waals surface area contributed by atoms with E-state index in [0.29, 0.717) is 18.5 Å². The number of anilines is 1. The SMILES string of the molecule is CCCC[P+](CCCC)(CCCC)Cc1ccc(NC(=O)[C@H](Cc2ccc3ccccc3c2)NC(=NC2CCCCC2)NC2CCCCC2)cc1. The summed E-state index contributed by atoms with van der Waals surface area (Å²) in [6.45, 7) is 7.01. The van der Waals surface area contributed by atoms with Gasteiger partial charge in [0.25, 0.3) is 0 Å². The number of guanidine groups is 1. The van der Waals surface area contributed by atoms with Crippen LogP contribution in [0.5, 0.6) is 0 Å². The van der Waals surface area contributed by atoms with Crippen molar-refractivity contribution in [3.63, 3.8) is 0 Å². The minimum Gasteiger partial charge on any atom is -0.354 e. The van der Waals surface area contributed by atoms with Gasteiger partial charge in [0.1, 0.15) is 6.04 Å². The first-order valence-corrected chi connectivity index (χ1v) is 23.4. The number of aliphatic imine (C=N–C) groups is 1. The van der Waals surface area contributed by atoms with Crippen LogP contribution in [0.2, 0.25) is 0 Å². The first-order chi connectivity index (χ1) is 25.0. The molecule has 3 N–H and O–H groups in total. The molecule has 0 aliphatic heterocycles. The molecule has 1 amide bonds. The highest BCUT2D eigenvalue weighted by atomic mass is 31.2. The van der Waals surface area contributed by atoms with E-state index in [9.17, 15) is 4.79 Å². The van der Waals surface area contributed by atoms with Gasteiger partial charge in [0, 0.05) is 25.4 Å². The molecule has 0 saturated heterocycles. The Hall–Kier alpha value is -2.91. The van der Waals surface area contributed by atoms with E-state index in [1.165, 1.54) is 118 Å². The Balaban J connectivity index is 1.36. The van der Waals surface area contributed by atoms with Crippen LogP contribution >= 0.6 is 7.26 Å². The highest BCUT2D eigenvalue weighted by molar-refractivity contribution is 7.75. The maximum absolute atomic E-state index is 14.3. The van der Waals surface area contributed by atoms with Crippen molar-refractivity contribution in [3.05, 3.63) is 77.9 Å². The topological polar surface area (TPSA) is 65.5 Å². The largest absolute Gasteiger partial charge is 0.354 e. The summed E-state index contributed by atoms with van der Waals surface area (Å²) >= 11 is 0. The van der Waals surface area contributed by atoms with E-state index in [-0.39, 0.29) is 5.91 Å². The number of amides is 1. The van der Waals surface area contributed by atoms with Crippen LogP contribution in [0.4, 0.5) is 5.69 Å². The van der Waals surface area contributed by atoms with Gasteiger partial charge in [-0.3, -0.25) is 4.79 Å². The third-order valence-corrected chi connectivity index (χ3v) is 16.2. The summed E-state index contributed by atoms with van der Waals surface area (Å²) in [6.07, 6.45) is 26.2. The average molecular weight is 712 g/mol. The lowest BCUT2D eigenvalue weighted by atomic mass is 9.95. The highest BCUT2D eigenvalue weighted by Gasteiger charge is 2.35. The molecular formula is C45H68N4OP+. The van der Waals surface area contributed by atoms with Crippen LogP contribution in [-0.4, -0.2) is 48.5 Å². The zero-order valence-electron chi connectivity index (χ0n) is 32.2. The summed E-state index contributed by atoms with van der Waals surface area (Å²) in [5.74, 6) is 0.810. The number of nitrogens with one attached hydrogen (secondary N) is 3. The van der Waals surface area contributed by atoms with Crippen LogP contribution in [0.25, 0.3) is 10.8 Å². The number of nitrogens with zero attached hydrogens (tertiary/aromatic N) is 1. The van der Waals surface area contributed by atoms with Gasteiger partial charge in [-0.05, 0) is 79.0 Å². The molecule has 2 saturated carbocycles. The third kappa shape index (κ3) is 12.6.